The Labute approximate surface area is 107 Å². The van der Waals surface area contributed by atoms with Gasteiger partial charge in [-0.25, -0.2) is 5.01 Å². The van der Waals surface area contributed by atoms with Crippen LogP contribution in [0.5, 0.6) is 0 Å². The fourth-order valence-electron chi connectivity index (χ4n) is 1.70. The summed E-state index contributed by atoms with van der Waals surface area (Å²) in [5.74, 6) is 5.98. The summed E-state index contributed by atoms with van der Waals surface area (Å²) in [4.78, 5) is 0. The maximum atomic E-state index is 5.98. The molecule has 0 aliphatic rings. The van der Waals surface area contributed by atoms with Crippen LogP contribution < -0.4 is 5.84 Å². The minimum Gasteiger partial charge on any atom is -0.268 e. The van der Waals surface area contributed by atoms with Gasteiger partial charge in [0.25, 0.3) is 0 Å². The normalized spacial score (nSPS) is 10.8. The Morgan fingerprint density at radius 1 is 0.824 bits per heavy atom. The zero-order valence-electron chi connectivity index (χ0n) is 9.51. The number of benzene rings is 2. The number of nitrogens with two attached hydrogens (primary N) is 1. The second kappa shape index (κ2) is 5.82. The van der Waals surface area contributed by atoms with Gasteiger partial charge in [-0.05, 0) is 23.3 Å². The molecule has 0 spiro atoms. The molecule has 88 valence electrons. The summed E-state index contributed by atoms with van der Waals surface area (Å²) in [6.45, 7) is 1.45. The van der Waals surface area contributed by atoms with Crippen molar-refractivity contribution in [1.82, 2.24) is 5.01 Å². The molecule has 2 rings (SSSR count). The van der Waals surface area contributed by atoms with Gasteiger partial charge in [-0.2, -0.15) is 0 Å². The molecule has 2 aromatic carbocycles. The van der Waals surface area contributed by atoms with Gasteiger partial charge in [0.1, 0.15) is 0 Å². The van der Waals surface area contributed by atoms with E-state index >= 15 is 0 Å². The summed E-state index contributed by atoms with van der Waals surface area (Å²) in [7, 11) is 0. The van der Waals surface area contributed by atoms with Crippen molar-refractivity contribution >= 4 is 11.6 Å². The molecule has 2 nitrogen and oxygen atoms in total. The van der Waals surface area contributed by atoms with Crippen LogP contribution in [0.4, 0.5) is 0 Å². The molecule has 0 amide bonds. The predicted octanol–water partition coefficient (Wildman–Crippen LogP) is 3.22. The smallest absolute Gasteiger partial charge is 0.0406 e. The van der Waals surface area contributed by atoms with Crippen molar-refractivity contribution in [2.75, 3.05) is 0 Å². The van der Waals surface area contributed by atoms with Gasteiger partial charge in [0, 0.05) is 18.1 Å². The minimum absolute atomic E-state index is 0.714. The molecule has 0 heterocycles. The van der Waals surface area contributed by atoms with Gasteiger partial charge < -0.3 is 0 Å². The second-order valence-corrected chi connectivity index (χ2v) is 4.45. The van der Waals surface area contributed by atoms with E-state index in [1.54, 1.807) is 5.01 Å². The van der Waals surface area contributed by atoms with Gasteiger partial charge >= 0.3 is 0 Å². The lowest BCUT2D eigenvalue weighted by molar-refractivity contribution is 0.266. The maximum Gasteiger partial charge on any atom is 0.0406 e. The number of hydrazine groups is 1. The topological polar surface area (TPSA) is 29.3 Å². The molecular weight excluding hydrogens is 232 g/mol. The van der Waals surface area contributed by atoms with E-state index in [1.165, 1.54) is 5.56 Å². The Hall–Kier alpha value is -1.35. The monoisotopic (exact) mass is 246 g/mol. The summed E-state index contributed by atoms with van der Waals surface area (Å²) < 4.78 is 0. The van der Waals surface area contributed by atoms with E-state index in [0.29, 0.717) is 6.54 Å². The van der Waals surface area contributed by atoms with E-state index in [-0.39, 0.29) is 0 Å². The van der Waals surface area contributed by atoms with E-state index in [1.807, 2.05) is 42.5 Å². The lowest BCUT2D eigenvalue weighted by atomic mass is 10.2. The Bertz CT molecular complexity index is 453. The number of nitrogens with zero attached hydrogens (tertiary/aromatic N) is 1. The van der Waals surface area contributed by atoms with Crippen molar-refractivity contribution in [1.29, 1.82) is 0 Å². The molecular formula is C14H15ClN2. The Morgan fingerprint density at radius 2 is 1.35 bits per heavy atom. The lowest BCUT2D eigenvalue weighted by Crippen LogP contribution is -2.29. The predicted molar refractivity (Wildman–Crippen MR) is 71.3 cm³/mol. The third kappa shape index (κ3) is 3.86. The SMILES string of the molecule is NN(Cc1ccccc1)Cc1ccc(Cl)cc1. The third-order valence-electron chi connectivity index (χ3n) is 2.53. The fourth-order valence-corrected chi connectivity index (χ4v) is 1.82. The van der Waals surface area contributed by atoms with Crippen LogP contribution in [0.2, 0.25) is 5.02 Å². The molecule has 0 radical (unpaired) electrons. The van der Waals surface area contributed by atoms with Crippen LogP contribution in [0.15, 0.2) is 54.6 Å². The van der Waals surface area contributed by atoms with Crippen molar-refractivity contribution < 1.29 is 0 Å². The van der Waals surface area contributed by atoms with E-state index in [9.17, 15) is 0 Å². The Kier molecular flexibility index (Phi) is 4.15. The van der Waals surface area contributed by atoms with Crippen LogP contribution in [-0.2, 0) is 13.1 Å². The van der Waals surface area contributed by atoms with Crippen LogP contribution in [0.1, 0.15) is 11.1 Å². The quantitative estimate of drug-likeness (QED) is 0.663. The largest absolute Gasteiger partial charge is 0.268 e. The highest BCUT2D eigenvalue weighted by molar-refractivity contribution is 6.30. The zero-order chi connectivity index (χ0) is 12.1. The summed E-state index contributed by atoms with van der Waals surface area (Å²) in [6.07, 6.45) is 0. The first-order valence-electron chi connectivity index (χ1n) is 5.52. The average molecular weight is 247 g/mol. The first-order valence-corrected chi connectivity index (χ1v) is 5.90. The summed E-state index contributed by atoms with van der Waals surface area (Å²) >= 11 is 5.83. The van der Waals surface area contributed by atoms with Gasteiger partial charge in [-0.15, -0.1) is 0 Å². The van der Waals surface area contributed by atoms with Crippen LogP contribution >= 0.6 is 11.6 Å². The maximum absolute atomic E-state index is 5.98. The Balaban J connectivity index is 1.93. The molecule has 0 saturated heterocycles. The van der Waals surface area contributed by atoms with Gasteiger partial charge in [0.2, 0.25) is 0 Å². The highest BCUT2D eigenvalue weighted by Gasteiger charge is 2.01. The van der Waals surface area contributed by atoms with Gasteiger partial charge in [-0.3, -0.25) is 5.84 Å². The van der Waals surface area contributed by atoms with Crippen molar-refractivity contribution in [2.45, 2.75) is 13.1 Å². The van der Waals surface area contributed by atoms with Gasteiger partial charge in [0.15, 0.2) is 0 Å². The average Bonchev–Trinajstić information content (AvgIpc) is 2.33. The first kappa shape index (κ1) is 12.1. The van der Waals surface area contributed by atoms with Crippen molar-refractivity contribution in [2.24, 2.45) is 5.84 Å². The molecule has 2 aromatic rings. The fraction of sp³-hybridized carbons (Fsp3) is 0.143. The second-order valence-electron chi connectivity index (χ2n) is 4.02. The molecule has 2 N–H and O–H groups in total. The summed E-state index contributed by atoms with van der Waals surface area (Å²) in [5.41, 5.74) is 2.37. The van der Waals surface area contributed by atoms with Crippen LogP contribution in [0, 0.1) is 0 Å². The number of hydrogen-bond donors (Lipinski definition) is 1. The standard InChI is InChI=1S/C14H15ClN2/c15-14-8-6-13(7-9-14)11-17(16)10-12-4-2-1-3-5-12/h1-9H,10-11,16H2. The van der Waals surface area contributed by atoms with Crippen LogP contribution in [-0.4, -0.2) is 5.01 Å². The molecule has 0 bridgehead atoms. The zero-order valence-corrected chi connectivity index (χ0v) is 10.3. The van der Waals surface area contributed by atoms with Crippen molar-refractivity contribution in [3.05, 3.63) is 70.7 Å². The summed E-state index contributed by atoms with van der Waals surface area (Å²) in [5, 5.41) is 2.54. The van der Waals surface area contributed by atoms with E-state index < -0.39 is 0 Å². The van der Waals surface area contributed by atoms with Crippen molar-refractivity contribution in [3.8, 4) is 0 Å². The highest BCUT2D eigenvalue weighted by Crippen LogP contribution is 2.11. The van der Waals surface area contributed by atoms with Crippen molar-refractivity contribution in [3.63, 3.8) is 0 Å². The molecule has 0 unspecified atom stereocenters. The van der Waals surface area contributed by atoms with Gasteiger partial charge in [0.05, 0.1) is 0 Å². The molecule has 17 heavy (non-hydrogen) atoms. The molecule has 0 aromatic heterocycles. The molecule has 0 atom stereocenters. The molecule has 0 aliphatic carbocycles. The Morgan fingerprint density at radius 3 is 1.94 bits per heavy atom. The lowest BCUT2D eigenvalue weighted by Gasteiger charge is -2.16. The van der Waals surface area contributed by atoms with E-state index in [4.69, 9.17) is 17.4 Å². The number of hydrogen-bond acceptors (Lipinski definition) is 2. The highest BCUT2D eigenvalue weighted by atomic mass is 35.5. The first-order chi connectivity index (χ1) is 8.24. The van der Waals surface area contributed by atoms with Crippen LogP contribution in [0.25, 0.3) is 0 Å². The molecule has 0 aliphatic heterocycles. The van der Waals surface area contributed by atoms with Crippen LogP contribution in [0.3, 0.4) is 0 Å². The minimum atomic E-state index is 0.714. The number of halogens is 1. The third-order valence-corrected chi connectivity index (χ3v) is 2.78. The molecule has 0 saturated carbocycles. The number of rotatable bonds is 4. The van der Waals surface area contributed by atoms with E-state index in [0.717, 1.165) is 17.1 Å². The summed E-state index contributed by atoms with van der Waals surface area (Å²) in [6, 6.07) is 17.9. The molecule has 3 heteroatoms. The molecule has 0 fully saturated rings. The van der Waals surface area contributed by atoms with E-state index in [2.05, 4.69) is 12.1 Å². The van der Waals surface area contributed by atoms with Gasteiger partial charge in [-0.1, -0.05) is 54.1 Å².